The summed E-state index contributed by atoms with van der Waals surface area (Å²) >= 11 is 0. The molecular weight excluding hydrogens is 330 g/mol. The second-order valence-corrected chi connectivity index (χ2v) is 5.87. The van der Waals surface area contributed by atoms with Gasteiger partial charge in [-0.15, -0.1) is 10.2 Å². The summed E-state index contributed by atoms with van der Waals surface area (Å²) in [5.41, 5.74) is 2.37. The number of nitrogens with one attached hydrogen (secondary N) is 1. The largest absolute Gasteiger partial charge is 0.497 e. The Kier molecular flexibility index (Phi) is 5.63. The van der Waals surface area contributed by atoms with Gasteiger partial charge in [0.25, 0.3) is 0 Å². The third kappa shape index (κ3) is 4.27. The van der Waals surface area contributed by atoms with Crippen LogP contribution >= 0.6 is 0 Å². The van der Waals surface area contributed by atoms with E-state index in [4.69, 9.17) is 9.15 Å². The lowest BCUT2D eigenvalue weighted by Gasteiger charge is -2.05. The molecule has 0 atom stereocenters. The Morgan fingerprint density at radius 1 is 1.00 bits per heavy atom. The van der Waals surface area contributed by atoms with E-state index in [9.17, 15) is 4.79 Å². The average molecular weight is 351 g/mol. The van der Waals surface area contributed by atoms with Gasteiger partial charge in [0.2, 0.25) is 17.7 Å². The predicted octanol–water partition coefficient (Wildman–Crippen LogP) is 4.54. The second kappa shape index (κ2) is 8.29. The summed E-state index contributed by atoms with van der Waals surface area (Å²) in [4.78, 5) is 11.8. The van der Waals surface area contributed by atoms with Crippen LogP contribution in [0.4, 0.5) is 5.69 Å². The lowest BCUT2D eigenvalue weighted by molar-refractivity contribution is -0.116. The minimum absolute atomic E-state index is 0.0270. The van der Waals surface area contributed by atoms with Crippen LogP contribution in [-0.2, 0) is 4.79 Å². The molecule has 0 spiro atoms. The molecule has 3 aromatic rings. The normalized spacial score (nSPS) is 10.5. The maximum Gasteiger partial charge on any atom is 0.248 e. The molecule has 0 unspecified atom stereocenters. The minimum atomic E-state index is 0.0270. The van der Waals surface area contributed by atoms with E-state index >= 15 is 0 Å². The summed E-state index contributed by atoms with van der Waals surface area (Å²) < 4.78 is 10.9. The molecule has 0 fully saturated rings. The topological polar surface area (TPSA) is 77.2 Å². The van der Waals surface area contributed by atoms with Gasteiger partial charge in [-0.2, -0.15) is 0 Å². The van der Waals surface area contributed by atoms with Crippen LogP contribution in [0.1, 0.15) is 26.2 Å². The summed E-state index contributed by atoms with van der Waals surface area (Å²) in [6.45, 7) is 2.06. The van der Waals surface area contributed by atoms with Gasteiger partial charge < -0.3 is 14.5 Å². The standard InChI is InChI=1S/C20H21N3O3/c1-3-4-5-18(24)21-16-10-6-14(7-11-16)19-22-23-20(26-19)15-8-12-17(25-2)13-9-15/h6-13H,3-5H2,1-2H3,(H,21,24). The Morgan fingerprint density at radius 3 is 2.12 bits per heavy atom. The van der Waals surface area contributed by atoms with E-state index in [0.717, 1.165) is 35.4 Å². The highest BCUT2D eigenvalue weighted by Crippen LogP contribution is 2.26. The first-order chi connectivity index (χ1) is 12.7. The van der Waals surface area contributed by atoms with E-state index in [1.807, 2.05) is 48.5 Å². The van der Waals surface area contributed by atoms with Gasteiger partial charge >= 0.3 is 0 Å². The first-order valence-corrected chi connectivity index (χ1v) is 8.58. The Morgan fingerprint density at radius 2 is 1.58 bits per heavy atom. The van der Waals surface area contributed by atoms with E-state index < -0.39 is 0 Å². The third-order valence-electron chi connectivity index (χ3n) is 3.93. The molecule has 26 heavy (non-hydrogen) atoms. The first kappa shape index (κ1) is 17.7. The number of hydrogen-bond acceptors (Lipinski definition) is 5. The van der Waals surface area contributed by atoms with E-state index in [2.05, 4.69) is 22.4 Å². The number of rotatable bonds is 7. The number of hydrogen-bond donors (Lipinski definition) is 1. The Hall–Kier alpha value is -3.15. The van der Waals surface area contributed by atoms with Gasteiger partial charge in [-0.3, -0.25) is 4.79 Å². The van der Waals surface area contributed by atoms with Crippen LogP contribution in [0.5, 0.6) is 5.75 Å². The highest BCUT2D eigenvalue weighted by atomic mass is 16.5. The van der Waals surface area contributed by atoms with Crippen molar-refractivity contribution in [3.63, 3.8) is 0 Å². The molecule has 1 N–H and O–H groups in total. The maximum atomic E-state index is 11.8. The van der Waals surface area contributed by atoms with Crippen LogP contribution in [-0.4, -0.2) is 23.2 Å². The number of anilines is 1. The van der Waals surface area contributed by atoms with Crippen LogP contribution in [0.25, 0.3) is 22.9 Å². The molecule has 0 aliphatic heterocycles. The second-order valence-electron chi connectivity index (χ2n) is 5.87. The van der Waals surface area contributed by atoms with Gasteiger partial charge in [0, 0.05) is 23.2 Å². The van der Waals surface area contributed by atoms with Crippen molar-refractivity contribution < 1.29 is 13.9 Å². The molecular formula is C20H21N3O3. The van der Waals surface area contributed by atoms with Crippen molar-refractivity contribution in [3.8, 4) is 28.7 Å². The summed E-state index contributed by atoms with van der Waals surface area (Å²) in [6, 6.07) is 14.8. The van der Waals surface area contributed by atoms with E-state index in [-0.39, 0.29) is 5.91 Å². The Balaban J connectivity index is 1.69. The Labute approximate surface area is 152 Å². The number of nitrogens with zero attached hydrogens (tertiary/aromatic N) is 2. The number of amides is 1. The van der Waals surface area contributed by atoms with E-state index in [0.29, 0.717) is 18.2 Å². The zero-order valence-corrected chi connectivity index (χ0v) is 14.9. The zero-order valence-electron chi connectivity index (χ0n) is 14.9. The zero-order chi connectivity index (χ0) is 18.4. The fourth-order valence-corrected chi connectivity index (χ4v) is 2.45. The fraction of sp³-hybridized carbons (Fsp3) is 0.250. The van der Waals surface area contributed by atoms with Gasteiger partial charge in [-0.1, -0.05) is 13.3 Å². The molecule has 6 nitrogen and oxygen atoms in total. The number of aromatic nitrogens is 2. The molecule has 3 rings (SSSR count). The van der Waals surface area contributed by atoms with Crippen LogP contribution in [0.15, 0.2) is 52.9 Å². The molecule has 1 aromatic heterocycles. The van der Waals surface area contributed by atoms with Gasteiger partial charge in [-0.25, -0.2) is 0 Å². The van der Waals surface area contributed by atoms with Gasteiger partial charge in [0.15, 0.2) is 0 Å². The molecule has 0 aliphatic rings. The van der Waals surface area contributed by atoms with Crippen molar-refractivity contribution in [2.45, 2.75) is 26.2 Å². The van der Waals surface area contributed by atoms with Crippen LogP contribution in [0.2, 0.25) is 0 Å². The highest BCUT2D eigenvalue weighted by molar-refractivity contribution is 5.90. The molecule has 134 valence electrons. The highest BCUT2D eigenvalue weighted by Gasteiger charge is 2.11. The van der Waals surface area contributed by atoms with Crippen molar-refractivity contribution in [2.24, 2.45) is 0 Å². The smallest absolute Gasteiger partial charge is 0.248 e. The van der Waals surface area contributed by atoms with Crippen molar-refractivity contribution in [1.29, 1.82) is 0 Å². The van der Waals surface area contributed by atoms with E-state index in [1.54, 1.807) is 7.11 Å². The molecule has 0 bridgehead atoms. The van der Waals surface area contributed by atoms with Crippen LogP contribution in [0, 0.1) is 0 Å². The molecule has 2 aromatic carbocycles. The van der Waals surface area contributed by atoms with Crippen molar-refractivity contribution in [2.75, 3.05) is 12.4 Å². The molecule has 6 heteroatoms. The molecule has 1 amide bonds. The molecule has 1 heterocycles. The number of methoxy groups -OCH3 is 1. The number of carbonyl (C=O) groups is 1. The Bertz CT molecular complexity index is 855. The summed E-state index contributed by atoms with van der Waals surface area (Å²) in [6.07, 6.45) is 2.42. The number of carbonyl (C=O) groups excluding carboxylic acids is 1. The number of benzene rings is 2. The fourth-order valence-electron chi connectivity index (χ4n) is 2.45. The average Bonchev–Trinajstić information content (AvgIpc) is 3.17. The molecule has 0 saturated heterocycles. The van der Waals surface area contributed by atoms with Gasteiger partial charge in [0.05, 0.1) is 7.11 Å². The molecule has 0 saturated carbocycles. The SMILES string of the molecule is CCCCC(=O)Nc1ccc(-c2nnc(-c3ccc(OC)cc3)o2)cc1. The summed E-state index contributed by atoms with van der Waals surface area (Å²) in [5, 5.41) is 11.1. The molecule has 0 radical (unpaired) electrons. The maximum absolute atomic E-state index is 11.8. The first-order valence-electron chi connectivity index (χ1n) is 8.58. The van der Waals surface area contributed by atoms with Crippen molar-refractivity contribution in [1.82, 2.24) is 10.2 Å². The molecule has 0 aliphatic carbocycles. The quantitative estimate of drug-likeness (QED) is 0.676. The lowest BCUT2D eigenvalue weighted by atomic mass is 10.2. The monoisotopic (exact) mass is 351 g/mol. The lowest BCUT2D eigenvalue weighted by Crippen LogP contribution is -2.10. The predicted molar refractivity (Wildman–Crippen MR) is 99.9 cm³/mol. The van der Waals surface area contributed by atoms with Gasteiger partial charge in [-0.05, 0) is 55.0 Å². The summed E-state index contributed by atoms with van der Waals surface area (Å²) in [5.74, 6) is 1.67. The number of unbranched alkanes of at least 4 members (excludes halogenated alkanes) is 1. The summed E-state index contributed by atoms with van der Waals surface area (Å²) in [7, 11) is 1.62. The van der Waals surface area contributed by atoms with Crippen molar-refractivity contribution >= 4 is 11.6 Å². The van der Waals surface area contributed by atoms with Crippen LogP contribution < -0.4 is 10.1 Å². The third-order valence-corrected chi connectivity index (χ3v) is 3.93. The van der Waals surface area contributed by atoms with Gasteiger partial charge in [0.1, 0.15) is 5.75 Å². The van der Waals surface area contributed by atoms with Crippen LogP contribution in [0.3, 0.4) is 0 Å². The number of ether oxygens (including phenoxy) is 1. The van der Waals surface area contributed by atoms with Crippen molar-refractivity contribution in [3.05, 3.63) is 48.5 Å². The minimum Gasteiger partial charge on any atom is -0.497 e. The van der Waals surface area contributed by atoms with E-state index in [1.165, 1.54) is 0 Å².